The predicted molar refractivity (Wildman–Crippen MR) is 138 cm³/mol. The Balaban J connectivity index is 1.60. The molecular weight excluding hydrogens is 485 g/mol. The van der Waals surface area contributed by atoms with E-state index >= 15 is 0 Å². The second-order valence-corrected chi connectivity index (χ2v) is 8.80. The van der Waals surface area contributed by atoms with Crippen molar-refractivity contribution >= 4 is 40.7 Å². The molecule has 35 heavy (non-hydrogen) atoms. The molecule has 1 amide bonds. The number of nitrogens with one attached hydrogen (secondary N) is 2. The summed E-state index contributed by atoms with van der Waals surface area (Å²) in [5, 5.41) is 11.9. The van der Waals surface area contributed by atoms with E-state index in [2.05, 4.69) is 15.6 Å². The van der Waals surface area contributed by atoms with Crippen molar-refractivity contribution in [2.45, 2.75) is 13.0 Å². The third-order valence-electron chi connectivity index (χ3n) is 5.74. The Kier molecular flexibility index (Phi) is 6.19. The first-order valence-electron chi connectivity index (χ1n) is 10.9. The van der Waals surface area contributed by atoms with Gasteiger partial charge < -0.3 is 15.4 Å². The van der Waals surface area contributed by atoms with Crippen molar-refractivity contribution in [3.8, 4) is 17.1 Å². The highest BCUT2D eigenvalue weighted by Crippen LogP contribution is 2.38. The minimum Gasteiger partial charge on any atom is -0.495 e. The van der Waals surface area contributed by atoms with Crippen LogP contribution in [0.3, 0.4) is 0 Å². The molecule has 2 N–H and O–H groups in total. The van der Waals surface area contributed by atoms with Crippen LogP contribution in [-0.4, -0.2) is 27.8 Å². The Morgan fingerprint density at radius 2 is 1.80 bits per heavy atom. The van der Waals surface area contributed by atoms with Gasteiger partial charge in [0.25, 0.3) is 5.91 Å². The average Bonchev–Trinajstić information content (AvgIpc) is 3.27. The van der Waals surface area contributed by atoms with Crippen LogP contribution < -0.4 is 15.4 Å². The van der Waals surface area contributed by atoms with Gasteiger partial charge >= 0.3 is 0 Å². The van der Waals surface area contributed by atoms with Gasteiger partial charge in [0.15, 0.2) is 5.82 Å². The van der Waals surface area contributed by atoms with Crippen molar-refractivity contribution in [2.24, 2.45) is 0 Å². The molecule has 7 nitrogen and oxygen atoms in total. The number of fused-ring (bicyclic) bond motifs is 1. The Morgan fingerprint density at radius 1 is 1.06 bits per heavy atom. The lowest BCUT2D eigenvalue weighted by Crippen LogP contribution is -2.31. The number of amides is 1. The van der Waals surface area contributed by atoms with E-state index < -0.39 is 6.04 Å². The zero-order valence-electron chi connectivity index (χ0n) is 18.9. The summed E-state index contributed by atoms with van der Waals surface area (Å²) >= 11 is 12.5. The molecular formula is C26H21Cl2N5O2. The number of nitrogens with zero attached hydrogens (tertiary/aromatic N) is 3. The van der Waals surface area contributed by atoms with Gasteiger partial charge in [0.05, 0.1) is 23.4 Å². The van der Waals surface area contributed by atoms with Crippen LogP contribution in [0, 0.1) is 0 Å². The van der Waals surface area contributed by atoms with Crippen molar-refractivity contribution in [3.63, 3.8) is 0 Å². The van der Waals surface area contributed by atoms with Crippen LogP contribution in [0.1, 0.15) is 18.5 Å². The van der Waals surface area contributed by atoms with Crippen molar-refractivity contribution in [3.05, 3.63) is 99.7 Å². The van der Waals surface area contributed by atoms with E-state index in [1.54, 1.807) is 42.1 Å². The van der Waals surface area contributed by atoms with E-state index in [1.807, 2.05) is 49.4 Å². The first-order valence-corrected chi connectivity index (χ1v) is 11.6. The largest absolute Gasteiger partial charge is 0.495 e. The summed E-state index contributed by atoms with van der Waals surface area (Å²) in [7, 11) is 1.57. The molecule has 0 spiro atoms. The number of ether oxygens (including phenoxy) is 1. The molecule has 0 bridgehead atoms. The smallest absolute Gasteiger partial charge is 0.255 e. The number of hydrogen-bond donors (Lipinski definition) is 2. The molecule has 0 aliphatic carbocycles. The molecule has 0 fully saturated rings. The minimum atomic E-state index is -0.519. The Bertz CT molecular complexity index is 1450. The maximum Gasteiger partial charge on any atom is 0.255 e. The van der Waals surface area contributed by atoms with Crippen molar-refractivity contribution in [1.82, 2.24) is 14.8 Å². The van der Waals surface area contributed by atoms with E-state index in [0.29, 0.717) is 50.1 Å². The van der Waals surface area contributed by atoms with Gasteiger partial charge in [-0.1, -0.05) is 65.7 Å². The van der Waals surface area contributed by atoms with Crippen LogP contribution in [0.4, 0.5) is 11.6 Å². The highest BCUT2D eigenvalue weighted by atomic mass is 35.5. The maximum atomic E-state index is 13.6. The summed E-state index contributed by atoms with van der Waals surface area (Å²) in [6.45, 7) is 1.85. The monoisotopic (exact) mass is 505 g/mol. The molecule has 9 heteroatoms. The second kappa shape index (κ2) is 9.44. The molecule has 4 aromatic rings. The Morgan fingerprint density at radius 3 is 2.54 bits per heavy atom. The Labute approximate surface area is 212 Å². The number of halogens is 2. The van der Waals surface area contributed by atoms with E-state index in [-0.39, 0.29) is 5.91 Å². The molecule has 1 unspecified atom stereocenters. The first-order chi connectivity index (χ1) is 17.0. The van der Waals surface area contributed by atoms with Gasteiger partial charge in [0.1, 0.15) is 11.8 Å². The third kappa shape index (κ3) is 4.36. The fourth-order valence-electron chi connectivity index (χ4n) is 4.11. The zero-order chi connectivity index (χ0) is 24.5. The average molecular weight is 506 g/mol. The molecule has 1 aromatic heterocycles. The van der Waals surface area contributed by atoms with Gasteiger partial charge in [-0.05, 0) is 42.8 Å². The Hall–Kier alpha value is -3.81. The number of benzene rings is 3. The quantitative estimate of drug-likeness (QED) is 0.338. The number of carbonyl (C=O) groups is 1. The van der Waals surface area contributed by atoms with E-state index in [9.17, 15) is 4.79 Å². The van der Waals surface area contributed by atoms with Crippen LogP contribution in [0.2, 0.25) is 10.0 Å². The van der Waals surface area contributed by atoms with Gasteiger partial charge in [0, 0.05) is 16.3 Å². The number of rotatable bonds is 5. The first kappa shape index (κ1) is 23.0. The summed E-state index contributed by atoms with van der Waals surface area (Å²) in [6, 6.07) is 21.6. The summed E-state index contributed by atoms with van der Waals surface area (Å²) in [4.78, 5) is 18.3. The van der Waals surface area contributed by atoms with Gasteiger partial charge in [-0.3, -0.25) is 4.79 Å². The molecule has 5 rings (SSSR count). The van der Waals surface area contributed by atoms with Crippen molar-refractivity contribution < 1.29 is 9.53 Å². The third-order valence-corrected chi connectivity index (χ3v) is 6.29. The summed E-state index contributed by atoms with van der Waals surface area (Å²) in [5.74, 6) is 1.22. The minimum absolute atomic E-state index is 0.277. The maximum absolute atomic E-state index is 13.6. The van der Waals surface area contributed by atoms with Crippen LogP contribution in [0.15, 0.2) is 84.1 Å². The topological polar surface area (TPSA) is 81.1 Å². The molecule has 0 radical (unpaired) electrons. The molecule has 1 aliphatic heterocycles. The molecule has 2 heterocycles. The van der Waals surface area contributed by atoms with Crippen LogP contribution in [0.25, 0.3) is 11.4 Å². The van der Waals surface area contributed by atoms with Crippen LogP contribution in [0.5, 0.6) is 5.75 Å². The fourth-order valence-corrected chi connectivity index (χ4v) is 4.60. The number of allylic oxidation sites excluding steroid dienone is 1. The summed E-state index contributed by atoms with van der Waals surface area (Å²) in [5.41, 5.74) is 3.28. The number of methoxy groups -OCH3 is 1. The molecule has 3 aromatic carbocycles. The van der Waals surface area contributed by atoms with Gasteiger partial charge in [-0.2, -0.15) is 4.98 Å². The fraction of sp³-hybridized carbons (Fsp3) is 0.115. The van der Waals surface area contributed by atoms with E-state index in [0.717, 1.165) is 5.56 Å². The van der Waals surface area contributed by atoms with Crippen LogP contribution >= 0.6 is 23.2 Å². The number of carbonyl (C=O) groups excluding carboxylic acids is 1. The standard InChI is InChI=1S/C26H21Cl2N5O2/c1-15-22(25(34)30-20-10-6-7-11-21(20)35-2)23(16-8-4-3-5-9-16)33-26(29-15)31-24(32-33)18-13-12-17(27)14-19(18)28/h3-14,23H,1-2H3,(H,30,34)(H,29,31,32). The highest BCUT2D eigenvalue weighted by molar-refractivity contribution is 6.36. The lowest BCUT2D eigenvalue weighted by atomic mass is 9.95. The lowest BCUT2D eigenvalue weighted by molar-refractivity contribution is -0.113. The summed E-state index contributed by atoms with van der Waals surface area (Å²) < 4.78 is 7.11. The predicted octanol–water partition coefficient (Wildman–Crippen LogP) is 6.19. The SMILES string of the molecule is COc1ccccc1NC(=O)C1=C(C)Nc2nc(-c3ccc(Cl)cc3Cl)nn2C1c1ccccc1. The van der Waals surface area contributed by atoms with Gasteiger partial charge in [-0.15, -0.1) is 5.10 Å². The molecule has 1 aliphatic rings. The number of aromatic nitrogens is 3. The van der Waals surface area contributed by atoms with Crippen molar-refractivity contribution in [2.75, 3.05) is 17.7 Å². The zero-order valence-corrected chi connectivity index (χ0v) is 20.4. The molecule has 0 saturated heterocycles. The summed E-state index contributed by atoms with van der Waals surface area (Å²) in [6.07, 6.45) is 0. The lowest BCUT2D eigenvalue weighted by Gasteiger charge is -2.28. The molecule has 1 atom stereocenters. The normalized spacial score (nSPS) is 14.8. The second-order valence-electron chi connectivity index (χ2n) is 7.96. The van der Waals surface area contributed by atoms with Gasteiger partial charge in [-0.25, -0.2) is 4.68 Å². The highest BCUT2D eigenvalue weighted by Gasteiger charge is 2.34. The number of para-hydroxylation sites is 2. The van der Waals surface area contributed by atoms with Crippen molar-refractivity contribution in [1.29, 1.82) is 0 Å². The van der Waals surface area contributed by atoms with Gasteiger partial charge in [0.2, 0.25) is 5.95 Å². The molecule has 176 valence electrons. The van der Waals surface area contributed by atoms with E-state index in [4.69, 9.17) is 33.0 Å². The number of hydrogen-bond acceptors (Lipinski definition) is 5. The number of anilines is 2. The van der Waals surface area contributed by atoms with Crippen LogP contribution in [-0.2, 0) is 4.79 Å². The van der Waals surface area contributed by atoms with E-state index in [1.165, 1.54) is 0 Å². The molecule has 0 saturated carbocycles.